The van der Waals surface area contributed by atoms with Crippen LogP contribution >= 0.6 is 23.2 Å². The monoisotopic (exact) mass is 422 g/mol. The van der Waals surface area contributed by atoms with Crippen LogP contribution in [-0.2, 0) is 11.2 Å². The number of carbonyl (C=O) groups excluding carboxylic acids is 1. The highest BCUT2D eigenvalue weighted by Gasteiger charge is 2.15. The number of nitrogen functional groups attached to an aromatic ring is 1. The molecule has 3 aromatic rings. The van der Waals surface area contributed by atoms with Crippen LogP contribution in [0.4, 0.5) is 21.7 Å². The normalized spacial score (nSPS) is 10.5. The summed E-state index contributed by atoms with van der Waals surface area (Å²) in [5.41, 5.74) is 6.60. The minimum absolute atomic E-state index is 0.0235. The number of anilines is 3. The zero-order valence-electron chi connectivity index (χ0n) is 14.2. The van der Waals surface area contributed by atoms with E-state index in [0.29, 0.717) is 22.7 Å². The topological polar surface area (TPSA) is 107 Å². The summed E-state index contributed by atoms with van der Waals surface area (Å²) in [7, 11) is 0. The third-order valence-electron chi connectivity index (χ3n) is 3.70. The molecular weight excluding hydrogens is 410 g/mol. The van der Waals surface area contributed by atoms with Crippen LogP contribution in [-0.4, -0.2) is 33.2 Å². The molecule has 0 aliphatic carbocycles. The quantitative estimate of drug-likeness (QED) is 0.459. The van der Waals surface area contributed by atoms with Gasteiger partial charge in [-0.1, -0.05) is 23.2 Å². The molecule has 0 radical (unpaired) electrons. The molecule has 0 saturated heterocycles. The molecule has 3 rings (SSSR count). The van der Waals surface area contributed by atoms with Crippen LogP contribution in [0.5, 0.6) is 5.75 Å². The Morgan fingerprint density at radius 3 is 2.68 bits per heavy atom. The first-order chi connectivity index (χ1) is 13.5. The number of amides is 1. The molecule has 28 heavy (non-hydrogen) atoms. The maximum absolute atomic E-state index is 13.6. The standard InChI is InChI=1S/C17H13Cl2FN6O2/c18-12-1-2-13(20)16(19)11(12)3-4-28-14-5-15(24-25-17(14)21)26(9-27)10-6-22-8-23-7-10/h1-2,5-9H,3-4H2,(H2,21,25). The van der Waals surface area contributed by atoms with Gasteiger partial charge in [0.25, 0.3) is 0 Å². The average molecular weight is 423 g/mol. The first-order valence-corrected chi connectivity index (χ1v) is 8.64. The lowest BCUT2D eigenvalue weighted by molar-refractivity contribution is -0.106. The molecule has 0 bridgehead atoms. The van der Waals surface area contributed by atoms with E-state index in [1.165, 1.54) is 41.8 Å². The molecule has 2 aromatic heterocycles. The van der Waals surface area contributed by atoms with Crippen molar-refractivity contribution in [2.45, 2.75) is 6.42 Å². The number of carbonyl (C=O) groups is 1. The molecule has 0 aliphatic heterocycles. The van der Waals surface area contributed by atoms with E-state index in [9.17, 15) is 9.18 Å². The van der Waals surface area contributed by atoms with Crippen molar-refractivity contribution in [2.75, 3.05) is 17.2 Å². The van der Waals surface area contributed by atoms with E-state index in [2.05, 4.69) is 20.2 Å². The Labute approximate surface area is 169 Å². The second-order valence-corrected chi connectivity index (χ2v) is 6.23. The summed E-state index contributed by atoms with van der Waals surface area (Å²) in [4.78, 5) is 20.4. The Bertz CT molecular complexity index is 993. The van der Waals surface area contributed by atoms with Crippen LogP contribution in [0.15, 0.2) is 36.9 Å². The van der Waals surface area contributed by atoms with Gasteiger partial charge in [0, 0.05) is 17.5 Å². The van der Waals surface area contributed by atoms with E-state index in [4.69, 9.17) is 33.7 Å². The molecule has 0 unspecified atom stereocenters. The average Bonchev–Trinajstić information content (AvgIpc) is 2.71. The molecule has 144 valence electrons. The number of benzene rings is 1. The van der Waals surface area contributed by atoms with Crippen molar-refractivity contribution in [3.63, 3.8) is 0 Å². The summed E-state index contributed by atoms with van der Waals surface area (Å²) in [6.07, 6.45) is 4.98. The van der Waals surface area contributed by atoms with Crippen LogP contribution < -0.4 is 15.4 Å². The molecule has 0 saturated carbocycles. The molecule has 2 N–H and O–H groups in total. The maximum atomic E-state index is 13.6. The van der Waals surface area contributed by atoms with Crippen molar-refractivity contribution in [3.8, 4) is 5.75 Å². The fourth-order valence-electron chi connectivity index (χ4n) is 2.33. The zero-order valence-corrected chi connectivity index (χ0v) is 15.7. The largest absolute Gasteiger partial charge is 0.489 e. The van der Waals surface area contributed by atoms with E-state index in [-0.39, 0.29) is 35.4 Å². The van der Waals surface area contributed by atoms with Gasteiger partial charge in [-0.2, -0.15) is 0 Å². The fourth-order valence-corrected chi connectivity index (χ4v) is 2.89. The molecule has 11 heteroatoms. The van der Waals surface area contributed by atoms with Crippen LogP contribution in [0, 0.1) is 5.82 Å². The summed E-state index contributed by atoms with van der Waals surface area (Å²) >= 11 is 12.0. The van der Waals surface area contributed by atoms with Crippen molar-refractivity contribution >= 4 is 46.9 Å². The van der Waals surface area contributed by atoms with E-state index in [1.807, 2.05) is 0 Å². The van der Waals surface area contributed by atoms with Crippen molar-refractivity contribution < 1.29 is 13.9 Å². The summed E-state index contributed by atoms with van der Waals surface area (Å²) in [5, 5.41) is 7.95. The lowest BCUT2D eigenvalue weighted by Gasteiger charge is -2.16. The van der Waals surface area contributed by atoms with Gasteiger partial charge in [-0.05, 0) is 17.7 Å². The van der Waals surface area contributed by atoms with Crippen LogP contribution in [0.25, 0.3) is 0 Å². The fraction of sp³-hybridized carbons (Fsp3) is 0.118. The number of rotatable bonds is 7. The number of nitrogens with zero attached hydrogens (tertiary/aromatic N) is 5. The van der Waals surface area contributed by atoms with Gasteiger partial charge < -0.3 is 10.5 Å². The van der Waals surface area contributed by atoms with Crippen LogP contribution in [0.1, 0.15) is 5.56 Å². The number of nitrogens with two attached hydrogens (primary N) is 1. The number of halogens is 3. The first kappa shape index (κ1) is 19.7. The first-order valence-electron chi connectivity index (χ1n) is 7.89. The van der Waals surface area contributed by atoms with Gasteiger partial charge in [0.05, 0.1) is 29.7 Å². The van der Waals surface area contributed by atoms with Gasteiger partial charge >= 0.3 is 0 Å². The van der Waals surface area contributed by atoms with Crippen molar-refractivity contribution in [1.29, 1.82) is 0 Å². The molecule has 0 aliphatic rings. The van der Waals surface area contributed by atoms with E-state index in [1.54, 1.807) is 0 Å². The highest BCUT2D eigenvalue weighted by Crippen LogP contribution is 2.29. The lowest BCUT2D eigenvalue weighted by Crippen LogP contribution is -2.17. The molecule has 0 spiro atoms. The van der Waals surface area contributed by atoms with E-state index < -0.39 is 5.82 Å². The second kappa shape index (κ2) is 8.77. The Morgan fingerprint density at radius 2 is 1.96 bits per heavy atom. The zero-order chi connectivity index (χ0) is 20.1. The number of hydrogen-bond acceptors (Lipinski definition) is 7. The third kappa shape index (κ3) is 4.26. The third-order valence-corrected chi connectivity index (χ3v) is 4.46. The predicted octanol–water partition coefficient (Wildman–Crippen LogP) is 3.21. The minimum atomic E-state index is -0.569. The van der Waals surface area contributed by atoms with Crippen LogP contribution in [0.2, 0.25) is 10.0 Å². The lowest BCUT2D eigenvalue weighted by atomic mass is 10.1. The Hall–Kier alpha value is -3.04. The molecule has 8 nitrogen and oxygen atoms in total. The highest BCUT2D eigenvalue weighted by atomic mass is 35.5. The molecule has 0 atom stereocenters. The summed E-state index contributed by atoms with van der Waals surface area (Å²) in [6.45, 7) is 0.0910. The number of aromatic nitrogens is 4. The van der Waals surface area contributed by atoms with Gasteiger partial charge in [0.15, 0.2) is 17.4 Å². The molecular formula is C17H13Cl2FN6O2. The summed E-state index contributed by atoms with van der Waals surface area (Å²) in [5.74, 6) is -0.191. The highest BCUT2D eigenvalue weighted by molar-refractivity contribution is 6.36. The number of ether oxygens (including phenoxy) is 1. The molecule has 1 aromatic carbocycles. The predicted molar refractivity (Wildman–Crippen MR) is 102 cm³/mol. The Balaban J connectivity index is 1.77. The second-order valence-electron chi connectivity index (χ2n) is 5.44. The summed E-state index contributed by atoms with van der Waals surface area (Å²) < 4.78 is 19.2. The van der Waals surface area contributed by atoms with Crippen LogP contribution in [0.3, 0.4) is 0 Å². The Morgan fingerprint density at radius 1 is 1.21 bits per heavy atom. The van der Waals surface area contributed by atoms with Gasteiger partial charge in [-0.3, -0.25) is 9.69 Å². The summed E-state index contributed by atoms with van der Waals surface area (Å²) in [6, 6.07) is 4.05. The van der Waals surface area contributed by atoms with Gasteiger partial charge in [-0.25, -0.2) is 14.4 Å². The van der Waals surface area contributed by atoms with Crippen molar-refractivity contribution in [2.24, 2.45) is 0 Å². The Kier molecular flexibility index (Phi) is 6.17. The SMILES string of the molecule is Nc1nnc(N(C=O)c2cncnc2)cc1OCCc1c(Cl)ccc(F)c1Cl. The van der Waals surface area contributed by atoms with E-state index in [0.717, 1.165) is 0 Å². The molecule has 0 fully saturated rings. The maximum Gasteiger partial charge on any atom is 0.220 e. The van der Waals surface area contributed by atoms with E-state index >= 15 is 0 Å². The van der Waals surface area contributed by atoms with Crippen molar-refractivity contribution in [1.82, 2.24) is 20.2 Å². The van der Waals surface area contributed by atoms with Gasteiger partial charge in [0.1, 0.15) is 12.1 Å². The van der Waals surface area contributed by atoms with Crippen molar-refractivity contribution in [3.05, 3.63) is 58.3 Å². The van der Waals surface area contributed by atoms with Gasteiger partial charge in [0.2, 0.25) is 6.41 Å². The van der Waals surface area contributed by atoms with Gasteiger partial charge in [-0.15, -0.1) is 10.2 Å². The smallest absolute Gasteiger partial charge is 0.220 e. The minimum Gasteiger partial charge on any atom is -0.489 e. The number of hydrogen-bond donors (Lipinski definition) is 1. The molecule has 1 amide bonds. The molecule has 2 heterocycles.